The fourth-order valence-electron chi connectivity index (χ4n) is 5.05. The minimum absolute atomic E-state index is 0.161. The van der Waals surface area contributed by atoms with Crippen molar-refractivity contribution in [3.8, 4) is 0 Å². The largest absolute Gasteiger partial charge is 0.469 e. The van der Waals surface area contributed by atoms with Crippen molar-refractivity contribution in [3.63, 3.8) is 0 Å². The first-order chi connectivity index (χ1) is 26.3. The SMILES string of the molecule is CC/C=C\C/C=C\C/C=C\C/C=C\C/C=C\CCCCCC(=O)O[C@H](COC(=O)CCCCCC/C=C\C/C=C\C/C=C\CCCCC)COP(=O)(O)O. The molecule has 0 aromatic heterocycles. The van der Waals surface area contributed by atoms with Crippen molar-refractivity contribution in [1.82, 2.24) is 0 Å². The van der Waals surface area contributed by atoms with Crippen LogP contribution in [0.1, 0.15) is 155 Å². The maximum absolute atomic E-state index is 12.4. The summed E-state index contributed by atoms with van der Waals surface area (Å²) >= 11 is 0. The van der Waals surface area contributed by atoms with Crippen molar-refractivity contribution in [1.29, 1.82) is 0 Å². The van der Waals surface area contributed by atoms with E-state index in [0.29, 0.717) is 12.8 Å². The third kappa shape index (κ3) is 41.7. The van der Waals surface area contributed by atoms with E-state index < -0.39 is 32.5 Å². The number of phosphoric acid groups is 1. The molecule has 0 aliphatic carbocycles. The molecule has 54 heavy (non-hydrogen) atoms. The van der Waals surface area contributed by atoms with Crippen LogP contribution in [0.4, 0.5) is 0 Å². The van der Waals surface area contributed by atoms with E-state index in [0.717, 1.165) is 89.9 Å². The lowest BCUT2D eigenvalue weighted by Gasteiger charge is -2.18. The molecule has 0 aromatic carbocycles. The summed E-state index contributed by atoms with van der Waals surface area (Å²) in [5.74, 6) is -0.958. The van der Waals surface area contributed by atoms with Crippen LogP contribution in [0.25, 0.3) is 0 Å². The van der Waals surface area contributed by atoms with Crippen LogP contribution < -0.4 is 0 Å². The Morgan fingerprint density at radius 2 is 0.889 bits per heavy atom. The quantitative estimate of drug-likeness (QED) is 0.0280. The molecule has 1 atom stereocenters. The molecule has 0 rings (SSSR count). The van der Waals surface area contributed by atoms with Gasteiger partial charge in [-0.1, -0.05) is 143 Å². The van der Waals surface area contributed by atoms with Crippen LogP contribution in [0.3, 0.4) is 0 Å². The Balaban J connectivity index is 4.08. The van der Waals surface area contributed by atoms with Gasteiger partial charge in [-0.2, -0.15) is 0 Å². The van der Waals surface area contributed by atoms with Crippen molar-refractivity contribution in [3.05, 3.63) is 97.2 Å². The second-order valence-electron chi connectivity index (χ2n) is 13.2. The number of unbranched alkanes of at least 4 members (excludes halogenated alkanes) is 10. The molecular weight excluding hydrogens is 699 g/mol. The van der Waals surface area contributed by atoms with Crippen LogP contribution >= 0.6 is 7.82 Å². The summed E-state index contributed by atoms with van der Waals surface area (Å²) in [5, 5.41) is 0. The molecule has 0 bridgehead atoms. The molecule has 0 fully saturated rings. The van der Waals surface area contributed by atoms with E-state index in [1.165, 1.54) is 25.7 Å². The van der Waals surface area contributed by atoms with Gasteiger partial charge in [-0.05, 0) is 96.3 Å². The summed E-state index contributed by atoms with van der Waals surface area (Å²) < 4.78 is 26.3. The Morgan fingerprint density at radius 3 is 1.33 bits per heavy atom. The molecule has 306 valence electrons. The van der Waals surface area contributed by atoms with Crippen molar-refractivity contribution in [2.24, 2.45) is 0 Å². The van der Waals surface area contributed by atoms with E-state index in [9.17, 15) is 14.2 Å². The van der Waals surface area contributed by atoms with E-state index in [1.807, 2.05) is 0 Å². The van der Waals surface area contributed by atoms with Gasteiger partial charge in [0.15, 0.2) is 6.10 Å². The lowest BCUT2D eigenvalue weighted by Crippen LogP contribution is -2.29. The predicted octanol–water partition coefficient (Wildman–Crippen LogP) is 12.6. The summed E-state index contributed by atoms with van der Waals surface area (Å²) in [4.78, 5) is 42.8. The summed E-state index contributed by atoms with van der Waals surface area (Å²) in [6.07, 6.45) is 54.1. The Bertz CT molecular complexity index is 1190. The lowest BCUT2D eigenvalue weighted by molar-refractivity contribution is -0.161. The highest BCUT2D eigenvalue weighted by atomic mass is 31.2. The molecule has 0 aromatic rings. The maximum Gasteiger partial charge on any atom is 0.469 e. The van der Waals surface area contributed by atoms with E-state index in [4.69, 9.17) is 19.3 Å². The smallest absolute Gasteiger partial charge is 0.462 e. The topological polar surface area (TPSA) is 119 Å². The first-order valence-electron chi connectivity index (χ1n) is 20.5. The number of phosphoric ester groups is 1. The fourth-order valence-corrected chi connectivity index (χ4v) is 5.41. The van der Waals surface area contributed by atoms with Crippen LogP contribution in [-0.4, -0.2) is 41.0 Å². The molecule has 0 heterocycles. The zero-order chi connectivity index (χ0) is 39.6. The van der Waals surface area contributed by atoms with Gasteiger partial charge in [0.05, 0.1) is 6.61 Å². The van der Waals surface area contributed by atoms with Crippen LogP contribution in [0, 0.1) is 0 Å². The Labute approximate surface area is 328 Å². The molecule has 0 aliphatic rings. The van der Waals surface area contributed by atoms with Gasteiger partial charge >= 0.3 is 19.8 Å². The van der Waals surface area contributed by atoms with Crippen molar-refractivity contribution < 1.29 is 37.9 Å². The van der Waals surface area contributed by atoms with Crippen LogP contribution in [0.2, 0.25) is 0 Å². The molecule has 0 spiro atoms. The third-order valence-corrected chi connectivity index (χ3v) is 8.57. The molecule has 0 aliphatic heterocycles. The highest BCUT2D eigenvalue weighted by Crippen LogP contribution is 2.36. The second-order valence-corrected chi connectivity index (χ2v) is 14.5. The standard InChI is InChI=1S/C45H73O8P/c1-3-5-7-9-11-13-15-17-19-21-22-24-26-28-30-32-34-36-38-40-45(47)53-43(42-52-54(48,49)50)41-51-44(46)39-37-35-33-31-29-27-25-23-20-18-16-14-12-10-8-6-4-2/h5,7,11-14,17-20,22,24-25,27-28,30,43H,3-4,6,8-10,15-16,21,23,26,29,31-42H2,1-2H3,(H2,48,49,50)/b7-5-,13-11-,14-12-,19-17-,20-18-,24-22-,27-25-,30-28-/t43-/m1/s1. The van der Waals surface area contributed by atoms with Crippen LogP contribution in [-0.2, 0) is 28.2 Å². The van der Waals surface area contributed by atoms with E-state index in [1.54, 1.807) is 0 Å². The fraction of sp³-hybridized carbons (Fsp3) is 0.600. The maximum atomic E-state index is 12.4. The molecule has 0 radical (unpaired) electrons. The van der Waals surface area contributed by atoms with Crippen LogP contribution in [0.15, 0.2) is 97.2 Å². The Morgan fingerprint density at radius 1 is 0.500 bits per heavy atom. The van der Waals surface area contributed by atoms with Gasteiger partial charge in [-0.15, -0.1) is 0 Å². The zero-order valence-corrected chi connectivity index (χ0v) is 34.5. The average molecular weight is 773 g/mol. The van der Waals surface area contributed by atoms with Gasteiger partial charge in [-0.25, -0.2) is 4.57 Å². The molecule has 0 unspecified atom stereocenters. The molecule has 0 saturated heterocycles. The van der Waals surface area contributed by atoms with Gasteiger partial charge < -0.3 is 19.3 Å². The van der Waals surface area contributed by atoms with Gasteiger partial charge in [0.1, 0.15) is 6.61 Å². The summed E-state index contributed by atoms with van der Waals surface area (Å²) in [6.45, 7) is 3.48. The number of esters is 2. The summed E-state index contributed by atoms with van der Waals surface area (Å²) in [5.41, 5.74) is 0. The monoisotopic (exact) mass is 773 g/mol. The summed E-state index contributed by atoms with van der Waals surface area (Å²) in [7, 11) is -4.78. The second kappa shape index (κ2) is 39.7. The lowest BCUT2D eigenvalue weighted by atomic mass is 10.1. The molecule has 8 nitrogen and oxygen atoms in total. The van der Waals surface area contributed by atoms with E-state index >= 15 is 0 Å². The Kier molecular flexibility index (Phi) is 37.4. The zero-order valence-electron chi connectivity index (χ0n) is 33.6. The number of rotatable bonds is 36. The highest BCUT2D eigenvalue weighted by Gasteiger charge is 2.22. The number of carbonyl (C=O) groups excluding carboxylic acids is 2. The number of ether oxygens (including phenoxy) is 2. The molecule has 9 heteroatoms. The van der Waals surface area contributed by atoms with Crippen molar-refractivity contribution >= 4 is 19.8 Å². The van der Waals surface area contributed by atoms with Gasteiger partial charge in [0.25, 0.3) is 0 Å². The molecular formula is C45H73O8P. The van der Waals surface area contributed by atoms with E-state index in [-0.39, 0.29) is 19.4 Å². The predicted molar refractivity (Wildman–Crippen MR) is 225 cm³/mol. The third-order valence-electron chi connectivity index (χ3n) is 8.09. The first-order valence-corrected chi connectivity index (χ1v) is 22.1. The first kappa shape index (κ1) is 51.0. The normalized spacial score (nSPS) is 13.5. The minimum atomic E-state index is -4.78. The van der Waals surface area contributed by atoms with Gasteiger partial charge in [0, 0.05) is 12.8 Å². The molecule has 0 amide bonds. The molecule has 2 N–H and O–H groups in total. The number of carbonyl (C=O) groups is 2. The van der Waals surface area contributed by atoms with Gasteiger partial charge in [0.2, 0.25) is 0 Å². The van der Waals surface area contributed by atoms with Gasteiger partial charge in [-0.3, -0.25) is 14.1 Å². The number of allylic oxidation sites excluding steroid dienone is 16. The molecule has 0 saturated carbocycles. The number of hydrogen-bond acceptors (Lipinski definition) is 6. The Hall–Kier alpha value is -3.03. The van der Waals surface area contributed by atoms with Crippen molar-refractivity contribution in [2.75, 3.05) is 13.2 Å². The highest BCUT2D eigenvalue weighted by molar-refractivity contribution is 7.46. The minimum Gasteiger partial charge on any atom is -0.462 e. The number of hydrogen-bond donors (Lipinski definition) is 2. The average Bonchev–Trinajstić information content (AvgIpc) is 3.14. The van der Waals surface area contributed by atoms with E-state index in [2.05, 4.69) is 116 Å². The van der Waals surface area contributed by atoms with Crippen molar-refractivity contribution in [2.45, 2.75) is 161 Å². The van der Waals surface area contributed by atoms with Crippen LogP contribution in [0.5, 0.6) is 0 Å². The summed E-state index contributed by atoms with van der Waals surface area (Å²) in [6, 6.07) is 0.